The Balaban J connectivity index is 1.98. The van der Waals surface area contributed by atoms with Gasteiger partial charge in [-0.1, -0.05) is 17.7 Å². The molecule has 0 aliphatic carbocycles. The zero-order chi connectivity index (χ0) is 18.8. The van der Waals surface area contributed by atoms with Gasteiger partial charge in [-0.05, 0) is 49.8 Å². The largest absolute Gasteiger partial charge is 0.502 e. The number of phenols is 1. The van der Waals surface area contributed by atoms with Gasteiger partial charge >= 0.3 is 0 Å². The van der Waals surface area contributed by atoms with Crippen LogP contribution in [0.15, 0.2) is 47.1 Å². The van der Waals surface area contributed by atoms with Crippen molar-refractivity contribution in [3.05, 3.63) is 53.1 Å². The Hall–Kier alpha value is -3.28. The summed E-state index contributed by atoms with van der Waals surface area (Å²) >= 11 is 0. The summed E-state index contributed by atoms with van der Waals surface area (Å²) in [7, 11) is 2.91. The van der Waals surface area contributed by atoms with Crippen LogP contribution in [-0.2, 0) is 4.79 Å². The number of benzene rings is 2. The van der Waals surface area contributed by atoms with Gasteiger partial charge in [0.25, 0.3) is 5.91 Å². The van der Waals surface area contributed by atoms with Crippen molar-refractivity contribution in [2.24, 2.45) is 5.10 Å². The molecule has 2 aromatic carbocycles. The quantitative estimate of drug-likeness (QED) is 0.855. The maximum Gasteiger partial charge on any atom is 0.280 e. The molecule has 2 aromatic rings. The van der Waals surface area contributed by atoms with E-state index in [1.165, 1.54) is 19.2 Å². The van der Waals surface area contributed by atoms with Crippen LogP contribution in [0.2, 0.25) is 0 Å². The van der Waals surface area contributed by atoms with Crippen molar-refractivity contribution in [2.45, 2.75) is 13.8 Å². The van der Waals surface area contributed by atoms with Crippen LogP contribution in [0.25, 0.3) is 6.08 Å². The van der Waals surface area contributed by atoms with Gasteiger partial charge in [-0.2, -0.15) is 10.1 Å². The van der Waals surface area contributed by atoms with Crippen LogP contribution >= 0.6 is 0 Å². The Morgan fingerprint density at radius 1 is 1.04 bits per heavy atom. The number of methoxy groups -OCH3 is 2. The molecule has 1 N–H and O–H groups in total. The second-order valence-corrected chi connectivity index (χ2v) is 5.97. The fourth-order valence-corrected chi connectivity index (χ4v) is 2.71. The lowest BCUT2D eigenvalue weighted by Gasteiger charge is -2.12. The van der Waals surface area contributed by atoms with E-state index in [1.807, 2.05) is 31.2 Å². The van der Waals surface area contributed by atoms with Crippen LogP contribution in [0.1, 0.15) is 18.1 Å². The number of rotatable bonds is 4. The highest BCUT2D eigenvalue weighted by molar-refractivity contribution is 6.32. The smallest absolute Gasteiger partial charge is 0.280 e. The Morgan fingerprint density at radius 3 is 2.15 bits per heavy atom. The number of phenolic OH excluding ortho intramolecular Hbond substituents is 1. The number of aromatic hydroxyl groups is 1. The van der Waals surface area contributed by atoms with Crippen molar-refractivity contribution in [3.63, 3.8) is 0 Å². The number of nitrogens with zero attached hydrogens (tertiary/aromatic N) is 2. The van der Waals surface area contributed by atoms with Crippen molar-refractivity contribution >= 4 is 23.4 Å². The minimum atomic E-state index is -0.211. The third-order valence-electron chi connectivity index (χ3n) is 4.15. The Morgan fingerprint density at radius 2 is 1.62 bits per heavy atom. The molecule has 0 atom stereocenters. The van der Waals surface area contributed by atoms with Crippen LogP contribution < -0.4 is 14.5 Å². The van der Waals surface area contributed by atoms with E-state index >= 15 is 0 Å². The van der Waals surface area contributed by atoms with Crippen molar-refractivity contribution in [2.75, 3.05) is 19.2 Å². The van der Waals surface area contributed by atoms with Gasteiger partial charge in [0.1, 0.15) is 0 Å². The van der Waals surface area contributed by atoms with Gasteiger partial charge in [-0.15, -0.1) is 0 Å². The minimum absolute atomic E-state index is 0.0819. The Bertz CT molecular complexity index is 889. The van der Waals surface area contributed by atoms with E-state index in [2.05, 4.69) is 5.10 Å². The lowest BCUT2D eigenvalue weighted by Crippen LogP contribution is -2.21. The normalized spacial score (nSPS) is 15.4. The van der Waals surface area contributed by atoms with E-state index in [1.54, 1.807) is 25.1 Å². The van der Waals surface area contributed by atoms with Gasteiger partial charge in [-0.25, -0.2) is 0 Å². The van der Waals surface area contributed by atoms with Gasteiger partial charge in [0.05, 0.1) is 31.2 Å². The standard InChI is InChI=1S/C20H20N2O4/c1-12-5-7-15(8-6-12)22-20(24)16(13(2)21-22)9-14-10-17(25-3)19(23)18(11-14)26-4/h5-11,23H,1-4H3. The molecular weight excluding hydrogens is 332 g/mol. The van der Waals surface area contributed by atoms with E-state index in [-0.39, 0.29) is 23.2 Å². The Labute approximate surface area is 152 Å². The van der Waals surface area contributed by atoms with Gasteiger partial charge in [-0.3, -0.25) is 4.79 Å². The summed E-state index contributed by atoms with van der Waals surface area (Å²) < 4.78 is 10.3. The molecule has 1 heterocycles. The third kappa shape index (κ3) is 3.13. The molecule has 6 heteroatoms. The SMILES string of the molecule is COc1cc(C=C2C(=O)N(c3ccc(C)cc3)N=C2C)cc(OC)c1O. The molecule has 1 aliphatic heterocycles. The molecule has 26 heavy (non-hydrogen) atoms. The molecule has 1 aliphatic rings. The molecule has 0 spiro atoms. The first kappa shape index (κ1) is 17.5. The second kappa shape index (κ2) is 6.92. The number of hydrogen-bond acceptors (Lipinski definition) is 5. The molecular formula is C20H20N2O4. The first-order valence-corrected chi connectivity index (χ1v) is 8.08. The first-order valence-electron chi connectivity index (χ1n) is 8.08. The van der Waals surface area contributed by atoms with E-state index in [4.69, 9.17) is 9.47 Å². The first-order chi connectivity index (χ1) is 12.4. The van der Waals surface area contributed by atoms with Gasteiger partial charge in [0, 0.05) is 0 Å². The zero-order valence-electron chi connectivity index (χ0n) is 15.1. The average molecular weight is 352 g/mol. The predicted octanol–water partition coefficient (Wildman–Crippen LogP) is 3.52. The highest BCUT2D eigenvalue weighted by Crippen LogP contribution is 2.38. The molecule has 0 saturated heterocycles. The summed E-state index contributed by atoms with van der Waals surface area (Å²) in [6.45, 7) is 3.77. The highest BCUT2D eigenvalue weighted by atomic mass is 16.5. The molecule has 0 fully saturated rings. The lowest BCUT2D eigenvalue weighted by atomic mass is 10.1. The number of carbonyl (C=O) groups is 1. The van der Waals surface area contributed by atoms with Crippen molar-refractivity contribution in [1.29, 1.82) is 0 Å². The molecule has 6 nitrogen and oxygen atoms in total. The van der Waals surface area contributed by atoms with Crippen LogP contribution in [0.5, 0.6) is 17.2 Å². The predicted molar refractivity (Wildman–Crippen MR) is 101 cm³/mol. The summed E-state index contributed by atoms with van der Waals surface area (Å²) in [5, 5.41) is 15.8. The van der Waals surface area contributed by atoms with Gasteiger partial charge < -0.3 is 14.6 Å². The van der Waals surface area contributed by atoms with Gasteiger partial charge in [0.15, 0.2) is 11.5 Å². The topological polar surface area (TPSA) is 71.4 Å². The molecule has 0 bridgehead atoms. The minimum Gasteiger partial charge on any atom is -0.502 e. The fraction of sp³-hybridized carbons (Fsp3) is 0.200. The van der Waals surface area contributed by atoms with Crippen LogP contribution in [0.4, 0.5) is 5.69 Å². The lowest BCUT2D eigenvalue weighted by molar-refractivity contribution is -0.114. The average Bonchev–Trinajstić information content (AvgIpc) is 2.91. The molecule has 1 amide bonds. The highest BCUT2D eigenvalue weighted by Gasteiger charge is 2.28. The van der Waals surface area contributed by atoms with Crippen LogP contribution in [-0.4, -0.2) is 30.9 Å². The van der Waals surface area contributed by atoms with Crippen molar-refractivity contribution in [3.8, 4) is 17.2 Å². The van der Waals surface area contributed by atoms with Crippen LogP contribution in [0.3, 0.4) is 0 Å². The number of hydrogen-bond donors (Lipinski definition) is 1. The number of aryl methyl sites for hydroxylation is 1. The Kier molecular flexibility index (Phi) is 4.67. The maximum atomic E-state index is 12.8. The molecule has 134 valence electrons. The number of carbonyl (C=O) groups excluding carboxylic acids is 1. The molecule has 0 unspecified atom stereocenters. The van der Waals surface area contributed by atoms with Crippen LogP contribution in [0, 0.1) is 6.92 Å². The van der Waals surface area contributed by atoms with Gasteiger partial charge in [0.2, 0.25) is 5.75 Å². The molecule has 0 radical (unpaired) electrons. The summed E-state index contributed by atoms with van der Waals surface area (Å²) in [5.74, 6) is 0.247. The summed E-state index contributed by atoms with van der Waals surface area (Å²) in [4.78, 5) is 12.8. The maximum absolute atomic E-state index is 12.8. The summed E-state index contributed by atoms with van der Waals surface area (Å²) in [6.07, 6.45) is 1.71. The van der Waals surface area contributed by atoms with E-state index in [9.17, 15) is 9.90 Å². The number of anilines is 1. The number of ether oxygens (including phenoxy) is 2. The summed E-state index contributed by atoms with van der Waals surface area (Å²) in [6, 6.07) is 10.9. The molecule has 0 aromatic heterocycles. The summed E-state index contributed by atoms with van der Waals surface area (Å²) in [5.41, 5.74) is 3.58. The zero-order valence-corrected chi connectivity index (χ0v) is 15.1. The van der Waals surface area contributed by atoms with E-state index in [0.29, 0.717) is 22.5 Å². The third-order valence-corrected chi connectivity index (χ3v) is 4.15. The fourth-order valence-electron chi connectivity index (χ4n) is 2.71. The number of amides is 1. The molecule has 0 saturated carbocycles. The van der Waals surface area contributed by atoms with Crippen molar-refractivity contribution in [1.82, 2.24) is 0 Å². The number of hydrazone groups is 1. The van der Waals surface area contributed by atoms with E-state index in [0.717, 1.165) is 5.56 Å². The second-order valence-electron chi connectivity index (χ2n) is 5.97. The van der Waals surface area contributed by atoms with Crippen molar-refractivity contribution < 1.29 is 19.4 Å². The monoisotopic (exact) mass is 352 g/mol. The molecule has 3 rings (SSSR count). The van der Waals surface area contributed by atoms with E-state index < -0.39 is 0 Å².